The van der Waals surface area contributed by atoms with Crippen molar-refractivity contribution in [1.82, 2.24) is 10.6 Å². The van der Waals surface area contributed by atoms with Crippen molar-refractivity contribution in [3.63, 3.8) is 0 Å². The Morgan fingerprint density at radius 3 is 2.08 bits per heavy atom. The zero-order valence-electron chi connectivity index (χ0n) is 14.0. The van der Waals surface area contributed by atoms with Crippen LogP contribution in [0.25, 0.3) is 0 Å². The number of aliphatic carboxylic acids is 2. The maximum Gasteiger partial charge on any atom is 0.408 e. The van der Waals surface area contributed by atoms with Crippen molar-refractivity contribution >= 4 is 23.9 Å². The van der Waals surface area contributed by atoms with Crippen LogP contribution < -0.4 is 16.4 Å². The highest BCUT2D eigenvalue weighted by Gasteiger charge is 2.29. The lowest BCUT2D eigenvalue weighted by atomic mass is 10.1. The van der Waals surface area contributed by atoms with Gasteiger partial charge in [0.05, 0.1) is 6.42 Å². The smallest absolute Gasteiger partial charge is 0.408 e. The number of hydrogen-bond acceptors (Lipinski definition) is 6. The van der Waals surface area contributed by atoms with E-state index in [9.17, 15) is 19.2 Å². The zero-order valence-corrected chi connectivity index (χ0v) is 14.0. The largest absolute Gasteiger partial charge is 0.481 e. The number of nitrogens with one attached hydrogen (secondary N) is 2. The molecule has 10 heteroatoms. The molecule has 0 aromatic carbocycles. The van der Waals surface area contributed by atoms with E-state index >= 15 is 0 Å². The fourth-order valence-electron chi connectivity index (χ4n) is 1.69. The third-order valence-electron chi connectivity index (χ3n) is 2.70. The first-order valence-electron chi connectivity index (χ1n) is 7.40. The summed E-state index contributed by atoms with van der Waals surface area (Å²) in [6, 6.07) is -2.69. The number of carboxylic acids is 2. The summed E-state index contributed by atoms with van der Waals surface area (Å²) in [5, 5.41) is 22.1. The van der Waals surface area contributed by atoms with E-state index in [1.54, 1.807) is 20.8 Å². The molecule has 10 nitrogen and oxygen atoms in total. The number of carbonyl (C=O) groups excluding carboxylic acids is 2. The number of alkyl carbamates (subject to hydrolysis) is 1. The van der Waals surface area contributed by atoms with Crippen molar-refractivity contribution < 1.29 is 34.1 Å². The summed E-state index contributed by atoms with van der Waals surface area (Å²) in [6.45, 7) is 5.20. The monoisotopic (exact) mass is 347 g/mol. The molecule has 24 heavy (non-hydrogen) atoms. The van der Waals surface area contributed by atoms with Crippen molar-refractivity contribution in [2.75, 3.05) is 6.54 Å². The molecule has 0 radical (unpaired) electrons. The quantitative estimate of drug-likeness (QED) is 0.377. The number of carboxylic acid groups (broad SMARTS) is 2. The average Bonchev–Trinajstić information content (AvgIpc) is 2.39. The summed E-state index contributed by atoms with van der Waals surface area (Å²) in [7, 11) is 0. The minimum absolute atomic E-state index is 0.154. The Kier molecular flexibility index (Phi) is 8.75. The molecule has 0 spiro atoms. The fourth-order valence-corrected chi connectivity index (χ4v) is 1.69. The number of rotatable bonds is 9. The highest BCUT2D eigenvalue weighted by molar-refractivity contribution is 5.90. The van der Waals surface area contributed by atoms with E-state index in [0.717, 1.165) is 0 Å². The molecule has 0 aromatic heterocycles. The molecule has 0 fully saturated rings. The number of hydrogen-bond donors (Lipinski definition) is 5. The molecule has 0 aliphatic rings. The van der Waals surface area contributed by atoms with E-state index < -0.39 is 48.0 Å². The molecule has 0 saturated carbocycles. The van der Waals surface area contributed by atoms with Gasteiger partial charge in [-0.1, -0.05) is 0 Å². The third kappa shape index (κ3) is 9.62. The molecule has 138 valence electrons. The second-order valence-electron chi connectivity index (χ2n) is 6.13. The summed E-state index contributed by atoms with van der Waals surface area (Å²) in [6.07, 6.45) is -1.08. The Morgan fingerprint density at radius 2 is 1.67 bits per heavy atom. The Bertz CT molecular complexity index is 473. The third-order valence-corrected chi connectivity index (χ3v) is 2.70. The van der Waals surface area contributed by atoms with Crippen LogP contribution >= 0.6 is 0 Å². The summed E-state index contributed by atoms with van der Waals surface area (Å²) >= 11 is 0. The number of amides is 2. The van der Waals surface area contributed by atoms with Crippen LogP contribution in [0.2, 0.25) is 0 Å². The van der Waals surface area contributed by atoms with Gasteiger partial charge in [-0.25, -0.2) is 9.59 Å². The van der Waals surface area contributed by atoms with Crippen LogP contribution in [0.5, 0.6) is 0 Å². The molecule has 2 unspecified atom stereocenters. The van der Waals surface area contributed by atoms with Gasteiger partial charge in [-0.05, 0) is 40.2 Å². The lowest BCUT2D eigenvalue weighted by molar-refractivity contribution is -0.147. The molecule has 0 bridgehead atoms. The normalized spacial score (nSPS) is 13.5. The molecular weight excluding hydrogens is 322 g/mol. The number of nitrogens with two attached hydrogens (primary N) is 1. The second-order valence-corrected chi connectivity index (χ2v) is 6.13. The fraction of sp³-hybridized carbons (Fsp3) is 0.714. The van der Waals surface area contributed by atoms with Crippen LogP contribution in [0.15, 0.2) is 0 Å². The van der Waals surface area contributed by atoms with Gasteiger partial charge in [0, 0.05) is 0 Å². The Hall–Kier alpha value is -2.36. The van der Waals surface area contributed by atoms with Gasteiger partial charge in [-0.15, -0.1) is 0 Å². The minimum atomic E-state index is -1.60. The maximum absolute atomic E-state index is 12.2. The van der Waals surface area contributed by atoms with E-state index in [2.05, 4.69) is 10.6 Å². The SMILES string of the molecule is CC(C)(C)OC(=O)NC(CCCN)C(=O)NC(CC(=O)O)C(=O)O. The summed E-state index contributed by atoms with van der Waals surface area (Å²) in [5.74, 6) is -3.68. The zero-order chi connectivity index (χ0) is 18.9. The van der Waals surface area contributed by atoms with E-state index in [-0.39, 0.29) is 13.0 Å². The molecule has 6 N–H and O–H groups in total. The van der Waals surface area contributed by atoms with Gasteiger partial charge in [0.25, 0.3) is 0 Å². The van der Waals surface area contributed by atoms with Crippen LogP contribution in [0, 0.1) is 0 Å². The number of carbonyl (C=O) groups is 4. The van der Waals surface area contributed by atoms with Crippen LogP contribution in [0.3, 0.4) is 0 Å². The van der Waals surface area contributed by atoms with Gasteiger partial charge < -0.3 is 31.3 Å². The van der Waals surface area contributed by atoms with Crippen LogP contribution in [-0.2, 0) is 19.1 Å². The van der Waals surface area contributed by atoms with Gasteiger partial charge in [0.1, 0.15) is 17.7 Å². The molecule has 0 heterocycles. The molecular formula is C14H25N3O7. The van der Waals surface area contributed by atoms with E-state index in [1.165, 1.54) is 0 Å². The minimum Gasteiger partial charge on any atom is -0.481 e. The lowest BCUT2D eigenvalue weighted by Crippen LogP contribution is -2.52. The van der Waals surface area contributed by atoms with Gasteiger partial charge in [-0.2, -0.15) is 0 Å². The predicted octanol–water partition coefficient (Wildman–Crippen LogP) is -0.337. The van der Waals surface area contributed by atoms with Gasteiger partial charge in [0.2, 0.25) is 5.91 Å². The van der Waals surface area contributed by atoms with Crippen molar-refractivity contribution in [1.29, 1.82) is 0 Å². The summed E-state index contributed by atoms with van der Waals surface area (Å²) in [4.78, 5) is 45.6. The maximum atomic E-state index is 12.2. The predicted molar refractivity (Wildman–Crippen MR) is 83.3 cm³/mol. The van der Waals surface area contributed by atoms with Gasteiger partial charge in [0.15, 0.2) is 0 Å². The van der Waals surface area contributed by atoms with Gasteiger partial charge in [-0.3, -0.25) is 9.59 Å². The molecule has 2 amide bonds. The standard InChI is InChI=1S/C14H25N3O7/c1-14(2,3)24-13(23)17-8(5-4-6-15)11(20)16-9(12(21)22)7-10(18)19/h8-9H,4-7,15H2,1-3H3,(H,16,20)(H,17,23)(H,18,19)(H,21,22). The first kappa shape index (κ1) is 21.6. The van der Waals surface area contributed by atoms with Crippen molar-refractivity contribution in [3.8, 4) is 0 Å². The summed E-state index contributed by atoms with van der Waals surface area (Å²) < 4.78 is 5.04. The Balaban J connectivity index is 4.94. The molecule has 0 aliphatic heterocycles. The molecule has 0 aromatic rings. The molecule has 0 saturated heterocycles. The van der Waals surface area contributed by atoms with Crippen LogP contribution in [0.4, 0.5) is 4.79 Å². The highest BCUT2D eigenvalue weighted by atomic mass is 16.6. The average molecular weight is 347 g/mol. The Labute approximate surface area is 139 Å². The van der Waals surface area contributed by atoms with E-state index in [1.807, 2.05) is 0 Å². The van der Waals surface area contributed by atoms with Crippen molar-refractivity contribution in [2.45, 2.75) is 57.7 Å². The number of ether oxygens (including phenoxy) is 1. The second kappa shape index (κ2) is 9.71. The first-order chi connectivity index (χ1) is 11.0. The molecule has 2 atom stereocenters. The lowest BCUT2D eigenvalue weighted by Gasteiger charge is -2.24. The van der Waals surface area contributed by atoms with Crippen molar-refractivity contribution in [2.24, 2.45) is 5.73 Å². The summed E-state index contributed by atoms with van der Waals surface area (Å²) in [5.41, 5.74) is 4.61. The van der Waals surface area contributed by atoms with E-state index in [0.29, 0.717) is 6.42 Å². The molecule has 0 rings (SSSR count). The topological polar surface area (TPSA) is 168 Å². The van der Waals surface area contributed by atoms with Gasteiger partial charge >= 0.3 is 18.0 Å². The Morgan fingerprint density at radius 1 is 1.08 bits per heavy atom. The molecule has 0 aliphatic carbocycles. The van der Waals surface area contributed by atoms with Crippen LogP contribution in [0.1, 0.15) is 40.0 Å². The first-order valence-corrected chi connectivity index (χ1v) is 7.40. The van der Waals surface area contributed by atoms with E-state index in [4.69, 9.17) is 20.7 Å². The van der Waals surface area contributed by atoms with Crippen molar-refractivity contribution in [3.05, 3.63) is 0 Å². The highest BCUT2D eigenvalue weighted by Crippen LogP contribution is 2.08. The van der Waals surface area contributed by atoms with Crippen LogP contribution in [-0.4, -0.2) is 58.4 Å².